The van der Waals surface area contributed by atoms with Gasteiger partial charge >= 0.3 is 0 Å². The molecule has 1 saturated carbocycles. The second kappa shape index (κ2) is 8.52. The number of hydrogen-bond donors (Lipinski definition) is 3. The number of aromatic nitrogens is 3. The van der Waals surface area contributed by atoms with Crippen LogP contribution in [-0.2, 0) is 17.9 Å². The third-order valence-corrected chi connectivity index (χ3v) is 5.49. The summed E-state index contributed by atoms with van der Waals surface area (Å²) < 4.78 is 18.8. The lowest BCUT2D eigenvalue weighted by Gasteiger charge is -2.22. The maximum absolute atomic E-state index is 13.6. The van der Waals surface area contributed by atoms with Gasteiger partial charge in [-0.3, -0.25) is 9.79 Å². The van der Waals surface area contributed by atoms with Gasteiger partial charge in [0.2, 0.25) is 5.88 Å². The standard InChI is InChI=1S/C20H23FN6O4/c1-27(8-10-5-11(21)6-23-19(10)31-2)20(30)16-15-13(7-22-16)24-9-25-18(15)26-12-3-4-14(28)17(12)29/h5-6,9,12,14,17,28-29H,3-4,7-8H2,1-2H3,(H,24,25,26)/t12-,14-,17+/m1/s1. The third kappa shape index (κ3) is 4.06. The van der Waals surface area contributed by atoms with Gasteiger partial charge in [0, 0.05) is 12.6 Å². The number of carbonyl (C=O) groups excluding carboxylic acids is 1. The Labute approximate surface area is 177 Å². The predicted molar refractivity (Wildman–Crippen MR) is 108 cm³/mol. The van der Waals surface area contributed by atoms with E-state index < -0.39 is 30.0 Å². The van der Waals surface area contributed by atoms with Gasteiger partial charge in [-0.2, -0.15) is 0 Å². The van der Waals surface area contributed by atoms with Crippen molar-refractivity contribution in [3.63, 3.8) is 0 Å². The molecule has 11 heteroatoms. The number of aliphatic imine (C=N–C) groups is 1. The molecule has 2 aromatic rings. The molecule has 0 radical (unpaired) electrons. The Bertz CT molecular complexity index is 1030. The van der Waals surface area contributed by atoms with Crippen molar-refractivity contribution in [3.8, 4) is 5.88 Å². The number of aliphatic hydroxyl groups excluding tert-OH is 2. The summed E-state index contributed by atoms with van der Waals surface area (Å²) >= 11 is 0. The smallest absolute Gasteiger partial charge is 0.272 e. The first-order valence-corrected chi connectivity index (χ1v) is 9.84. The van der Waals surface area contributed by atoms with Crippen LogP contribution in [-0.4, -0.2) is 74.1 Å². The highest BCUT2D eigenvalue weighted by Gasteiger charge is 2.36. The molecule has 2 aromatic heterocycles. The summed E-state index contributed by atoms with van der Waals surface area (Å²) in [6, 6.07) is 0.870. The third-order valence-electron chi connectivity index (χ3n) is 5.49. The van der Waals surface area contributed by atoms with Crippen LogP contribution in [0.15, 0.2) is 23.6 Å². The van der Waals surface area contributed by atoms with Crippen molar-refractivity contribution in [2.45, 2.75) is 44.2 Å². The number of rotatable bonds is 6. The van der Waals surface area contributed by atoms with Crippen LogP contribution in [0.2, 0.25) is 0 Å². The van der Waals surface area contributed by atoms with Crippen LogP contribution in [0.1, 0.15) is 29.7 Å². The molecule has 1 fully saturated rings. The summed E-state index contributed by atoms with van der Waals surface area (Å²) in [4.78, 5) is 31.2. The fourth-order valence-corrected chi connectivity index (χ4v) is 3.87. The maximum atomic E-state index is 13.6. The number of nitrogens with zero attached hydrogens (tertiary/aromatic N) is 5. The second-order valence-electron chi connectivity index (χ2n) is 7.58. The van der Waals surface area contributed by atoms with Gasteiger partial charge < -0.3 is 25.2 Å². The van der Waals surface area contributed by atoms with E-state index in [1.807, 2.05) is 0 Å². The highest BCUT2D eigenvalue weighted by molar-refractivity contribution is 6.47. The molecule has 0 saturated heterocycles. The molecule has 31 heavy (non-hydrogen) atoms. The Balaban J connectivity index is 1.56. The minimum absolute atomic E-state index is 0.0606. The second-order valence-corrected chi connectivity index (χ2v) is 7.58. The van der Waals surface area contributed by atoms with Crippen molar-refractivity contribution in [1.29, 1.82) is 0 Å². The summed E-state index contributed by atoms with van der Waals surface area (Å²) in [5.41, 5.74) is 1.66. The van der Waals surface area contributed by atoms with Gasteiger partial charge in [0.25, 0.3) is 5.91 Å². The van der Waals surface area contributed by atoms with E-state index in [4.69, 9.17) is 4.74 Å². The van der Waals surface area contributed by atoms with E-state index >= 15 is 0 Å². The van der Waals surface area contributed by atoms with Gasteiger partial charge in [-0.1, -0.05) is 0 Å². The number of fused-ring (bicyclic) bond motifs is 1. The number of anilines is 1. The molecule has 0 spiro atoms. The monoisotopic (exact) mass is 430 g/mol. The van der Waals surface area contributed by atoms with E-state index in [2.05, 4.69) is 25.3 Å². The lowest BCUT2D eigenvalue weighted by atomic mass is 10.1. The van der Waals surface area contributed by atoms with Crippen molar-refractivity contribution in [1.82, 2.24) is 19.9 Å². The first-order chi connectivity index (χ1) is 14.9. The lowest BCUT2D eigenvalue weighted by molar-refractivity contribution is -0.123. The number of aliphatic hydroxyl groups is 2. The summed E-state index contributed by atoms with van der Waals surface area (Å²) in [7, 11) is 2.99. The van der Waals surface area contributed by atoms with E-state index in [1.54, 1.807) is 7.05 Å². The van der Waals surface area contributed by atoms with Crippen LogP contribution >= 0.6 is 0 Å². The molecule has 1 aliphatic heterocycles. The molecule has 3 heterocycles. The number of pyridine rings is 1. The fourth-order valence-electron chi connectivity index (χ4n) is 3.87. The Morgan fingerprint density at radius 1 is 1.32 bits per heavy atom. The molecule has 3 atom stereocenters. The Morgan fingerprint density at radius 2 is 2.13 bits per heavy atom. The zero-order valence-corrected chi connectivity index (χ0v) is 17.1. The first-order valence-electron chi connectivity index (χ1n) is 9.84. The van der Waals surface area contributed by atoms with Crippen LogP contribution < -0.4 is 10.1 Å². The summed E-state index contributed by atoms with van der Waals surface area (Å²) in [5, 5.41) is 23.1. The highest BCUT2D eigenvalue weighted by Crippen LogP contribution is 2.29. The number of methoxy groups -OCH3 is 1. The normalized spacial score (nSPS) is 22.1. The molecular formula is C20H23FN6O4. The van der Waals surface area contributed by atoms with Gasteiger partial charge in [0.1, 0.15) is 23.7 Å². The number of nitrogens with one attached hydrogen (secondary N) is 1. The summed E-state index contributed by atoms with van der Waals surface area (Å²) in [5.74, 6) is -0.312. The van der Waals surface area contributed by atoms with Gasteiger partial charge in [-0.25, -0.2) is 19.3 Å². The maximum Gasteiger partial charge on any atom is 0.272 e. The average molecular weight is 430 g/mol. The summed E-state index contributed by atoms with van der Waals surface area (Å²) in [6.07, 6.45) is 1.72. The number of halogens is 1. The Morgan fingerprint density at radius 3 is 2.84 bits per heavy atom. The van der Waals surface area contributed by atoms with E-state index in [0.717, 1.165) is 6.20 Å². The van der Waals surface area contributed by atoms with Crippen LogP contribution in [0.5, 0.6) is 5.88 Å². The molecule has 3 N–H and O–H groups in total. The van der Waals surface area contributed by atoms with Gasteiger partial charge in [-0.15, -0.1) is 0 Å². The predicted octanol–water partition coefficient (Wildman–Crippen LogP) is 0.277. The first kappa shape index (κ1) is 21.1. The van der Waals surface area contributed by atoms with Crippen molar-refractivity contribution in [2.75, 3.05) is 19.5 Å². The Kier molecular flexibility index (Phi) is 5.79. The summed E-state index contributed by atoms with van der Waals surface area (Å²) in [6.45, 7) is 0.285. The minimum atomic E-state index is -0.932. The molecule has 1 aliphatic carbocycles. The quantitative estimate of drug-likeness (QED) is 0.595. The number of ether oxygens (including phenoxy) is 1. The van der Waals surface area contributed by atoms with Crippen LogP contribution in [0.4, 0.5) is 10.2 Å². The van der Waals surface area contributed by atoms with Crippen molar-refractivity contribution < 1.29 is 24.1 Å². The van der Waals surface area contributed by atoms with E-state index in [9.17, 15) is 19.4 Å². The molecule has 1 amide bonds. The molecular weight excluding hydrogens is 407 g/mol. The molecule has 0 bridgehead atoms. The van der Waals surface area contributed by atoms with Gasteiger partial charge in [0.15, 0.2) is 0 Å². The van der Waals surface area contributed by atoms with Crippen molar-refractivity contribution in [2.24, 2.45) is 4.99 Å². The molecule has 0 aromatic carbocycles. The average Bonchev–Trinajstić information content (AvgIpc) is 3.33. The minimum Gasteiger partial charge on any atom is -0.481 e. The van der Waals surface area contributed by atoms with Crippen molar-refractivity contribution >= 4 is 17.4 Å². The highest BCUT2D eigenvalue weighted by atomic mass is 19.1. The molecule has 10 nitrogen and oxygen atoms in total. The van der Waals surface area contributed by atoms with E-state index in [0.29, 0.717) is 35.5 Å². The Hall–Kier alpha value is -3.18. The molecule has 2 aliphatic rings. The number of hydrogen-bond acceptors (Lipinski definition) is 9. The SMILES string of the molecule is COc1ncc(F)cc1CN(C)C(=O)C1=NCc2ncnc(N[C@@H]3CC[C@@H](O)[C@H]3O)c21. The van der Waals surface area contributed by atoms with Crippen LogP contribution in [0.3, 0.4) is 0 Å². The largest absolute Gasteiger partial charge is 0.481 e. The zero-order chi connectivity index (χ0) is 22.1. The van der Waals surface area contributed by atoms with E-state index in [1.165, 1.54) is 24.4 Å². The molecule has 164 valence electrons. The van der Waals surface area contributed by atoms with Crippen molar-refractivity contribution in [3.05, 3.63) is 41.2 Å². The number of amides is 1. The van der Waals surface area contributed by atoms with Gasteiger partial charge in [-0.05, 0) is 18.9 Å². The molecule has 0 unspecified atom stereocenters. The number of carbonyl (C=O) groups is 1. The molecule has 4 rings (SSSR count). The van der Waals surface area contributed by atoms with Crippen LogP contribution in [0.25, 0.3) is 0 Å². The van der Waals surface area contributed by atoms with E-state index in [-0.39, 0.29) is 24.7 Å². The lowest BCUT2D eigenvalue weighted by Crippen LogP contribution is -2.36. The van der Waals surface area contributed by atoms with Crippen LogP contribution in [0, 0.1) is 5.82 Å². The topological polar surface area (TPSA) is 133 Å². The van der Waals surface area contributed by atoms with Gasteiger partial charge in [0.05, 0.1) is 55.9 Å². The number of likely N-dealkylation sites (N-methyl/N-ethyl adjacent to an activating group) is 1. The zero-order valence-electron chi connectivity index (χ0n) is 17.1. The fraction of sp³-hybridized carbons (Fsp3) is 0.450.